The summed E-state index contributed by atoms with van der Waals surface area (Å²) in [6.45, 7) is 9.61. The summed E-state index contributed by atoms with van der Waals surface area (Å²) >= 11 is 6.83. The number of benzene rings is 2. The Balaban J connectivity index is 1.09. The Morgan fingerprint density at radius 1 is 0.783 bits per heavy atom. The molecule has 4 amide bonds. The normalized spacial score (nSPS) is 19.8. The number of nitrogens with zero attached hydrogens (tertiary/aromatic N) is 4. The zero-order valence-electron chi connectivity index (χ0n) is 35.0. The van der Waals surface area contributed by atoms with Crippen LogP contribution in [0.4, 0.5) is 9.59 Å². The van der Waals surface area contributed by atoms with Crippen LogP contribution in [0, 0.1) is 11.8 Å². The van der Waals surface area contributed by atoms with Gasteiger partial charge in [0, 0.05) is 54.5 Å². The summed E-state index contributed by atoms with van der Waals surface area (Å²) in [5.74, 6) is 1.37. The van der Waals surface area contributed by atoms with E-state index in [2.05, 4.69) is 21.7 Å². The molecule has 5 heterocycles. The van der Waals surface area contributed by atoms with Gasteiger partial charge in [-0.3, -0.25) is 14.6 Å². The van der Waals surface area contributed by atoms with Crippen LogP contribution in [0.1, 0.15) is 83.6 Å². The van der Waals surface area contributed by atoms with Gasteiger partial charge in [0.25, 0.3) is 0 Å². The predicted molar refractivity (Wildman–Crippen MR) is 227 cm³/mol. The first-order chi connectivity index (χ1) is 28.9. The highest BCUT2D eigenvalue weighted by molar-refractivity contribution is 6.32. The molecule has 2 saturated heterocycles. The van der Waals surface area contributed by atoms with Gasteiger partial charge >= 0.3 is 12.2 Å². The first-order valence-corrected chi connectivity index (χ1v) is 21.1. The highest BCUT2D eigenvalue weighted by Crippen LogP contribution is 2.43. The number of ether oxygens (including phenoxy) is 4. The Bertz CT molecular complexity index is 2180. The van der Waals surface area contributed by atoms with E-state index in [-0.39, 0.29) is 35.7 Å². The third-order valence-corrected chi connectivity index (χ3v) is 12.0. The number of aromatic amines is 1. The molecule has 3 N–H and O–H groups in total. The van der Waals surface area contributed by atoms with E-state index in [1.807, 2.05) is 69.1 Å². The van der Waals surface area contributed by atoms with Crippen molar-refractivity contribution in [2.75, 3.05) is 40.5 Å². The quantitative estimate of drug-likeness (QED) is 0.191. The first-order valence-electron chi connectivity index (χ1n) is 20.7. The fourth-order valence-electron chi connectivity index (χ4n) is 8.49. The highest BCUT2D eigenvalue weighted by atomic mass is 35.5. The van der Waals surface area contributed by atoms with E-state index in [4.69, 9.17) is 40.5 Å². The average Bonchev–Trinajstić information content (AvgIpc) is 4.08. The second-order valence-electron chi connectivity index (χ2n) is 16.3. The van der Waals surface area contributed by atoms with Gasteiger partial charge in [-0.05, 0) is 72.9 Å². The zero-order valence-corrected chi connectivity index (χ0v) is 35.8. The van der Waals surface area contributed by atoms with Gasteiger partial charge < -0.3 is 44.4 Å². The largest absolute Gasteiger partial charge is 0.493 e. The van der Waals surface area contributed by atoms with Gasteiger partial charge in [-0.25, -0.2) is 14.6 Å². The molecule has 0 radical (unpaired) electrons. The fourth-order valence-corrected chi connectivity index (χ4v) is 8.74. The number of H-pyrrole nitrogens is 1. The van der Waals surface area contributed by atoms with E-state index in [0.29, 0.717) is 68.0 Å². The van der Waals surface area contributed by atoms with Crippen molar-refractivity contribution in [1.82, 2.24) is 30.4 Å². The molecule has 4 aliphatic heterocycles. The van der Waals surface area contributed by atoms with Crippen LogP contribution in [0.15, 0.2) is 47.6 Å². The number of aliphatic imine (C=N–C) groups is 1. The van der Waals surface area contributed by atoms with Crippen LogP contribution in [0.25, 0.3) is 28.0 Å². The molecule has 16 heteroatoms. The lowest BCUT2D eigenvalue weighted by Crippen LogP contribution is -2.53. The number of methoxy groups -OCH3 is 2. The molecule has 4 aliphatic rings. The maximum atomic E-state index is 13.7. The number of hydrogen-bond donors (Lipinski definition) is 3. The van der Waals surface area contributed by atoms with E-state index in [9.17, 15) is 19.2 Å². The Labute approximate surface area is 355 Å². The number of amides is 4. The van der Waals surface area contributed by atoms with Crippen molar-refractivity contribution in [3.63, 3.8) is 0 Å². The van der Waals surface area contributed by atoms with Crippen molar-refractivity contribution < 1.29 is 38.1 Å². The van der Waals surface area contributed by atoms with Crippen LogP contribution < -0.4 is 20.1 Å². The fraction of sp³-hybridized carbons (Fsp3) is 0.500. The number of halogens is 1. The molecule has 7 rings (SSSR count). The Hall–Kier alpha value is -5.57. The molecule has 3 aromatic rings. The average molecular weight is 844 g/mol. The Kier molecular flexibility index (Phi) is 13.0. The molecule has 4 atom stereocenters. The van der Waals surface area contributed by atoms with Crippen LogP contribution in [0.5, 0.6) is 11.5 Å². The zero-order chi connectivity index (χ0) is 42.7. The van der Waals surface area contributed by atoms with Crippen molar-refractivity contribution in [3.05, 3.63) is 59.1 Å². The summed E-state index contributed by atoms with van der Waals surface area (Å²) in [7, 11) is 2.57. The van der Waals surface area contributed by atoms with Gasteiger partial charge in [-0.1, -0.05) is 51.4 Å². The van der Waals surface area contributed by atoms with Crippen LogP contribution in [-0.2, 0) is 19.1 Å². The minimum atomic E-state index is -0.747. The molecule has 0 spiro atoms. The van der Waals surface area contributed by atoms with E-state index in [1.165, 1.54) is 14.2 Å². The lowest BCUT2D eigenvalue weighted by atomic mass is 9.94. The molecule has 0 unspecified atom stereocenters. The predicted octanol–water partition coefficient (Wildman–Crippen LogP) is 7.16. The van der Waals surface area contributed by atoms with Gasteiger partial charge in [0.1, 0.15) is 40.3 Å². The maximum Gasteiger partial charge on any atom is 0.407 e. The molecule has 60 heavy (non-hydrogen) atoms. The number of fused-ring (bicyclic) bond motifs is 3. The molecule has 0 saturated carbocycles. The van der Waals surface area contributed by atoms with E-state index >= 15 is 0 Å². The number of aromatic nitrogens is 2. The number of carbonyl (C=O) groups excluding carboxylic acids is 4. The summed E-state index contributed by atoms with van der Waals surface area (Å²) in [6, 6.07) is 10.1. The van der Waals surface area contributed by atoms with Crippen molar-refractivity contribution in [2.45, 2.75) is 90.4 Å². The van der Waals surface area contributed by atoms with Crippen LogP contribution in [0.2, 0.25) is 5.15 Å². The number of allylic oxidation sites excluding steroid dienone is 1. The Morgan fingerprint density at radius 3 is 1.88 bits per heavy atom. The van der Waals surface area contributed by atoms with Crippen molar-refractivity contribution in [2.24, 2.45) is 16.8 Å². The topological polar surface area (TPSA) is 177 Å². The smallest absolute Gasteiger partial charge is 0.407 e. The Morgan fingerprint density at radius 2 is 1.32 bits per heavy atom. The number of hydrogen-bond acceptors (Lipinski definition) is 10. The summed E-state index contributed by atoms with van der Waals surface area (Å²) in [4.78, 5) is 68.1. The third kappa shape index (κ3) is 8.81. The molecular formula is C44H54ClN7O8. The SMILES string of the molecule is COC(=O)N[C@H](C(=O)N1CCC[C@H]1C1=NC=C(c2ccc3c(c2)OCCCOc2cc(-c4nc([C@@H]5CCCN5C(=O)[C@@H](NC(=O)OC)C(C)C)[nH]c4Cl)ccc2-3)C1)C(C)C. The second-order valence-corrected chi connectivity index (χ2v) is 16.7. The number of carbonyl (C=O) groups is 4. The van der Waals surface area contributed by atoms with Gasteiger partial charge in [-0.15, -0.1) is 0 Å². The monoisotopic (exact) mass is 843 g/mol. The van der Waals surface area contributed by atoms with Gasteiger partial charge in [-0.2, -0.15) is 0 Å². The summed E-state index contributed by atoms with van der Waals surface area (Å²) in [6.07, 6.45) is 5.00. The second kappa shape index (κ2) is 18.4. The van der Waals surface area contributed by atoms with E-state index in [0.717, 1.165) is 58.6 Å². The molecule has 0 bridgehead atoms. The molecule has 320 valence electrons. The minimum Gasteiger partial charge on any atom is -0.493 e. The molecule has 1 aromatic heterocycles. The van der Waals surface area contributed by atoms with E-state index < -0.39 is 24.3 Å². The number of imidazole rings is 1. The van der Waals surface area contributed by atoms with E-state index in [1.54, 1.807) is 4.90 Å². The van der Waals surface area contributed by atoms with Gasteiger partial charge in [0.05, 0.1) is 39.5 Å². The third-order valence-electron chi connectivity index (χ3n) is 11.7. The molecular weight excluding hydrogens is 790 g/mol. The lowest BCUT2D eigenvalue weighted by Gasteiger charge is -2.31. The molecule has 0 aliphatic carbocycles. The number of rotatable bonds is 10. The highest BCUT2D eigenvalue weighted by Gasteiger charge is 2.40. The summed E-state index contributed by atoms with van der Waals surface area (Å²) in [5, 5.41) is 5.76. The number of nitrogens with one attached hydrogen (secondary N) is 3. The number of likely N-dealkylation sites (tertiary alicyclic amines) is 2. The number of alkyl carbamates (subject to hydrolysis) is 2. The molecule has 2 fully saturated rings. The minimum absolute atomic E-state index is 0.113. The van der Waals surface area contributed by atoms with Gasteiger partial charge in [0.2, 0.25) is 11.8 Å². The van der Waals surface area contributed by atoms with Crippen LogP contribution >= 0.6 is 11.6 Å². The lowest BCUT2D eigenvalue weighted by molar-refractivity contribution is -0.135. The summed E-state index contributed by atoms with van der Waals surface area (Å²) < 4.78 is 22.3. The molecule has 2 aromatic carbocycles. The summed E-state index contributed by atoms with van der Waals surface area (Å²) in [5.41, 5.74) is 5.97. The van der Waals surface area contributed by atoms with Gasteiger partial charge in [0.15, 0.2) is 0 Å². The van der Waals surface area contributed by atoms with Crippen molar-refractivity contribution >= 4 is 46.9 Å². The molecule has 15 nitrogen and oxygen atoms in total. The maximum absolute atomic E-state index is 13.7. The van der Waals surface area contributed by atoms with Crippen molar-refractivity contribution in [3.8, 4) is 33.9 Å². The first kappa shape index (κ1) is 42.6. The van der Waals surface area contributed by atoms with Crippen LogP contribution in [-0.4, -0.2) is 108 Å². The van der Waals surface area contributed by atoms with Crippen molar-refractivity contribution in [1.29, 1.82) is 0 Å². The van der Waals surface area contributed by atoms with Crippen LogP contribution in [0.3, 0.4) is 0 Å². The standard InChI is InChI=1S/C44H54ClN7O8/c1-24(2)36(48-43(55)57-5)41(53)51-16-7-10-32(51)31-20-28(23-46-31)26-12-14-29-30-15-13-27(22-35(30)60-19-9-18-59-34(29)21-26)38-39(45)50-40(47-38)33-11-8-17-52(33)42(54)37(25(3)4)49-44(56)58-6/h12-15,21-25,32-33,36-37H,7-11,16-20H2,1-6H3,(H,47,50)(H,48,55)(H,49,56)/t32-,33-,36-,37-/m0/s1.